The highest BCUT2D eigenvalue weighted by molar-refractivity contribution is 9.10. The summed E-state index contributed by atoms with van der Waals surface area (Å²) in [7, 11) is 0. The van der Waals surface area contributed by atoms with Crippen LogP contribution < -0.4 is 0 Å². The predicted octanol–water partition coefficient (Wildman–Crippen LogP) is 2.23. The van der Waals surface area contributed by atoms with E-state index in [4.69, 9.17) is 0 Å². The number of rotatable bonds is 4. The summed E-state index contributed by atoms with van der Waals surface area (Å²) in [5.41, 5.74) is 1.19. The van der Waals surface area contributed by atoms with E-state index >= 15 is 0 Å². The highest BCUT2D eigenvalue weighted by Crippen LogP contribution is 2.21. The molecule has 0 aromatic carbocycles. The summed E-state index contributed by atoms with van der Waals surface area (Å²) in [6.07, 6.45) is 0.781. The average molecular weight is 235 g/mol. The molecule has 1 rings (SSSR count). The van der Waals surface area contributed by atoms with Crippen molar-refractivity contribution in [3.8, 4) is 0 Å². The lowest BCUT2D eigenvalue weighted by Crippen LogP contribution is -1.95. The molecular formula is C7H7BrO2S. The minimum atomic E-state index is 0.457. The van der Waals surface area contributed by atoms with Crippen molar-refractivity contribution >= 4 is 33.7 Å². The number of hydrogen-bond donors (Lipinski definition) is 0. The average Bonchev–Trinajstić information content (AvgIpc) is 2.37. The molecule has 0 N–H and O–H groups in total. The summed E-state index contributed by atoms with van der Waals surface area (Å²) in [6.45, 7) is 0.930. The summed E-state index contributed by atoms with van der Waals surface area (Å²) in [4.78, 5) is 9.79. The Bertz CT molecular complexity index is 234. The van der Waals surface area contributed by atoms with Crippen LogP contribution in [0, 0.1) is 0 Å². The standard InChI is InChI=1S/C7H7BrO2S/c8-7-4-11-3-6(7)1-2-10-5-9/h3-5H,1-2H2. The van der Waals surface area contributed by atoms with Crippen molar-refractivity contribution < 1.29 is 9.53 Å². The lowest BCUT2D eigenvalue weighted by Gasteiger charge is -1.96. The van der Waals surface area contributed by atoms with Crippen molar-refractivity contribution in [2.75, 3.05) is 6.61 Å². The van der Waals surface area contributed by atoms with E-state index in [1.165, 1.54) is 5.56 Å². The Morgan fingerprint density at radius 2 is 2.45 bits per heavy atom. The molecule has 0 saturated heterocycles. The van der Waals surface area contributed by atoms with E-state index in [2.05, 4.69) is 20.7 Å². The van der Waals surface area contributed by atoms with Gasteiger partial charge in [0.1, 0.15) is 0 Å². The topological polar surface area (TPSA) is 26.3 Å². The second-order valence-corrected chi connectivity index (χ2v) is 3.56. The van der Waals surface area contributed by atoms with Crippen molar-refractivity contribution in [2.24, 2.45) is 0 Å². The zero-order valence-corrected chi connectivity index (χ0v) is 8.15. The Hall–Kier alpha value is -0.350. The maximum absolute atomic E-state index is 9.79. The number of carbonyl (C=O) groups excluding carboxylic acids is 1. The van der Waals surface area contributed by atoms with E-state index in [0.717, 1.165) is 10.9 Å². The van der Waals surface area contributed by atoms with Crippen LogP contribution in [0.5, 0.6) is 0 Å². The third kappa shape index (κ3) is 2.63. The Morgan fingerprint density at radius 3 is 3.00 bits per heavy atom. The molecule has 0 unspecified atom stereocenters. The van der Waals surface area contributed by atoms with Crippen molar-refractivity contribution in [3.63, 3.8) is 0 Å². The predicted molar refractivity (Wildman–Crippen MR) is 47.7 cm³/mol. The van der Waals surface area contributed by atoms with E-state index in [9.17, 15) is 4.79 Å². The van der Waals surface area contributed by atoms with Crippen LogP contribution >= 0.6 is 27.3 Å². The van der Waals surface area contributed by atoms with Crippen LogP contribution in [0.1, 0.15) is 5.56 Å². The zero-order chi connectivity index (χ0) is 8.10. The number of hydrogen-bond acceptors (Lipinski definition) is 3. The molecule has 0 fully saturated rings. The summed E-state index contributed by atoms with van der Waals surface area (Å²) < 4.78 is 5.66. The first-order chi connectivity index (χ1) is 5.34. The largest absolute Gasteiger partial charge is 0.468 e. The van der Waals surface area contributed by atoms with Crippen LogP contribution in [-0.2, 0) is 16.0 Å². The summed E-state index contributed by atoms with van der Waals surface area (Å²) in [6, 6.07) is 0. The third-order valence-electron chi connectivity index (χ3n) is 1.25. The number of ether oxygens (including phenoxy) is 1. The van der Waals surface area contributed by atoms with Gasteiger partial charge in [-0.2, -0.15) is 11.3 Å². The molecule has 0 radical (unpaired) electrons. The summed E-state index contributed by atoms with van der Waals surface area (Å²) >= 11 is 5.02. The molecular weight excluding hydrogens is 228 g/mol. The fourth-order valence-electron chi connectivity index (χ4n) is 0.703. The molecule has 60 valence electrons. The summed E-state index contributed by atoms with van der Waals surface area (Å²) in [5.74, 6) is 0. The molecule has 4 heteroatoms. The summed E-state index contributed by atoms with van der Waals surface area (Å²) in [5, 5.41) is 4.05. The Kier molecular flexibility index (Phi) is 3.59. The van der Waals surface area contributed by atoms with Crippen molar-refractivity contribution in [2.45, 2.75) is 6.42 Å². The van der Waals surface area contributed by atoms with Crippen LogP contribution in [0.15, 0.2) is 15.2 Å². The molecule has 0 bridgehead atoms. The monoisotopic (exact) mass is 234 g/mol. The maximum Gasteiger partial charge on any atom is 0.293 e. The fraction of sp³-hybridized carbons (Fsp3) is 0.286. The van der Waals surface area contributed by atoms with Gasteiger partial charge < -0.3 is 4.74 Å². The van der Waals surface area contributed by atoms with Gasteiger partial charge in [-0.1, -0.05) is 0 Å². The van der Waals surface area contributed by atoms with Crippen LogP contribution in [0.25, 0.3) is 0 Å². The molecule has 11 heavy (non-hydrogen) atoms. The van der Waals surface area contributed by atoms with Gasteiger partial charge in [-0.3, -0.25) is 4.79 Å². The molecule has 2 nitrogen and oxygen atoms in total. The fourth-order valence-corrected chi connectivity index (χ4v) is 2.24. The normalized spacial score (nSPS) is 9.55. The molecule has 0 spiro atoms. The minimum Gasteiger partial charge on any atom is -0.468 e. The van der Waals surface area contributed by atoms with Gasteiger partial charge >= 0.3 is 0 Å². The second-order valence-electron chi connectivity index (χ2n) is 1.96. The van der Waals surface area contributed by atoms with Gasteiger partial charge in [0.2, 0.25) is 0 Å². The Morgan fingerprint density at radius 1 is 1.64 bits per heavy atom. The first kappa shape index (κ1) is 8.74. The lowest BCUT2D eigenvalue weighted by molar-refractivity contribution is -0.128. The SMILES string of the molecule is O=COCCc1cscc1Br. The Balaban J connectivity index is 2.38. The molecule has 1 aromatic heterocycles. The van der Waals surface area contributed by atoms with Crippen LogP contribution in [0.4, 0.5) is 0 Å². The van der Waals surface area contributed by atoms with Crippen LogP contribution in [0.2, 0.25) is 0 Å². The molecule has 0 atom stereocenters. The van der Waals surface area contributed by atoms with Gasteiger partial charge in [0.05, 0.1) is 6.61 Å². The van der Waals surface area contributed by atoms with E-state index in [1.807, 2.05) is 10.8 Å². The molecule has 1 aromatic rings. The van der Waals surface area contributed by atoms with Crippen molar-refractivity contribution in [3.05, 3.63) is 20.8 Å². The Labute approximate surface area is 77.3 Å². The van der Waals surface area contributed by atoms with Gasteiger partial charge in [-0.05, 0) is 26.9 Å². The van der Waals surface area contributed by atoms with Gasteiger partial charge in [-0.25, -0.2) is 0 Å². The minimum absolute atomic E-state index is 0.457. The zero-order valence-electron chi connectivity index (χ0n) is 5.75. The molecule has 0 saturated carbocycles. The van der Waals surface area contributed by atoms with E-state index < -0.39 is 0 Å². The molecule has 0 aliphatic rings. The highest BCUT2D eigenvalue weighted by Gasteiger charge is 1.99. The first-order valence-corrected chi connectivity index (χ1v) is 4.84. The van der Waals surface area contributed by atoms with Gasteiger partial charge in [0.15, 0.2) is 0 Å². The van der Waals surface area contributed by atoms with Crippen molar-refractivity contribution in [1.29, 1.82) is 0 Å². The first-order valence-electron chi connectivity index (χ1n) is 3.10. The lowest BCUT2D eigenvalue weighted by atomic mass is 10.3. The molecule has 0 aliphatic carbocycles. The molecule has 0 amide bonds. The van der Waals surface area contributed by atoms with Crippen molar-refractivity contribution in [1.82, 2.24) is 0 Å². The van der Waals surface area contributed by atoms with E-state index in [-0.39, 0.29) is 0 Å². The van der Waals surface area contributed by atoms with E-state index in [0.29, 0.717) is 13.1 Å². The maximum atomic E-state index is 9.79. The van der Waals surface area contributed by atoms with Gasteiger partial charge in [0, 0.05) is 16.3 Å². The van der Waals surface area contributed by atoms with Crippen LogP contribution in [0.3, 0.4) is 0 Å². The third-order valence-corrected chi connectivity index (χ3v) is 3.08. The van der Waals surface area contributed by atoms with Gasteiger partial charge in [0.25, 0.3) is 6.47 Å². The number of carbonyl (C=O) groups is 1. The van der Waals surface area contributed by atoms with Gasteiger partial charge in [-0.15, -0.1) is 0 Å². The number of thiophene rings is 1. The number of halogens is 1. The quantitative estimate of drug-likeness (QED) is 0.590. The van der Waals surface area contributed by atoms with Crippen LogP contribution in [-0.4, -0.2) is 13.1 Å². The second kappa shape index (κ2) is 4.51. The molecule has 0 aliphatic heterocycles. The molecule has 1 heterocycles. The van der Waals surface area contributed by atoms with E-state index in [1.54, 1.807) is 11.3 Å². The highest BCUT2D eigenvalue weighted by atomic mass is 79.9. The smallest absolute Gasteiger partial charge is 0.293 e.